The molecule has 0 spiro atoms. The Bertz CT molecular complexity index is 580. The van der Waals surface area contributed by atoms with Gasteiger partial charge in [0.25, 0.3) is 5.91 Å². The van der Waals surface area contributed by atoms with E-state index in [1.165, 1.54) is 0 Å². The van der Waals surface area contributed by atoms with Crippen molar-refractivity contribution in [1.29, 1.82) is 0 Å². The number of amides is 1. The SMILES string of the molecule is CCN1CCSC1(C(=O)N(C(C)C)C(C)C)C(O)c1ccc(C)cc1. The second kappa shape index (κ2) is 8.11. The lowest BCUT2D eigenvalue weighted by Gasteiger charge is -2.45. The van der Waals surface area contributed by atoms with E-state index in [0.717, 1.165) is 30.0 Å². The van der Waals surface area contributed by atoms with Crippen molar-refractivity contribution in [3.05, 3.63) is 35.4 Å². The summed E-state index contributed by atoms with van der Waals surface area (Å²) in [6.07, 6.45) is -0.854. The highest BCUT2D eigenvalue weighted by atomic mass is 32.2. The van der Waals surface area contributed by atoms with Gasteiger partial charge in [-0.1, -0.05) is 36.8 Å². The molecule has 1 amide bonds. The lowest BCUT2D eigenvalue weighted by molar-refractivity contribution is -0.147. The van der Waals surface area contributed by atoms with Gasteiger partial charge in [0.1, 0.15) is 6.10 Å². The monoisotopic (exact) mass is 364 g/mol. The van der Waals surface area contributed by atoms with E-state index in [9.17, 15) is 9.90 Å². The van der Waals surface area contributed by atoms with E-state index in [2.05, 4.69) is 11.8 Å². The van der Waals surface area contributed by atoms with Gasteiger partial charge in [0.15, 0.2) is 4.87 Å². The number of carbonyl (C=O) groups excluding carboxylic acids is 1. The average molecular weight is 365 g/mol. The van der Waals surface area contributed by atoms with Gasteiger partial charge in [0.05, 0.1) is 0 Å². The lowest BCUT2D eigenvalue weighted by Crippen LogP contribution is -2.61. The molecule has 1 heterocycles. The maximum Gasteiger partial charge on any atom is 0.257 e. The van der Waals surface area contributed by atoms with Crippen LogP contribution in [0.1, 0.15) is 51.8 Å². The van der Waals surface area contributed by atoms with Crippen LogP contribution in [0.2, 0.25) is 0 Å². The highest BCUT2D eigenvalue weighted by Gasteiger charge is 2.55. The van der Waals surface area contributed by atoms with E-state index in [1.54, 1.807) is 11.8 Å². The van der Waals surface area contributed by atoms with E-state index in [0.29, 0.717) is 0 Å². The van der Waals surface area contributed by atoms with E-state index in [1.807, 2.05) is 63.8 Å². The van der Waals surface area contributed by atoms with Crippen molar-refractivity contribution >= 4 is 17.7 Å². The predicted octanol–water partition coefficient (Wildman–Crippen LogP) is 3.44. The van der Waals surface area contributed by atoms with Crippen LogP contribution in [0.4, 0.5) is 0 Å². The zero-order chi connectivity index (χ0) is 18.8. The van der Waals surface area contributed by atoms with E-state index >= 15 is 0 Å². The van der Waals surface area contributed by atoms with Gasteiger partial charge in [0, 0.05) is 24.4 Å². The normalized spacial score (nSPS) is 22.6. The number of hydrogen-bond donors (Lipinski definition) is 1. The van der Waals surface area contributed by atoms with Gasteiger partial charge < -0.3 is 10.0 Å². The summed E-state index contributed by atoms with van der Waals surface area (Å²) in [7, 11) is 0. The Morgan fingerprint density at radius 3 is 2.28 bits per heavy atom. The summed E-state index contributed by atoms with van der Waals surface area (Å²) in [6.45, 7) is 13.8. The summed E-state index contributed by atoms with van der Waals surface area (Å²) in [5.74, 6) is 0.877. The molecule has 0 radical (unpaired) electrons. The molecule has 1 aromatic carbocycles. The number of likely N-dealkylation sites (N-methyl/N-ethyl adjacent to an activating group) is 1. The van der Waals surface area contributed by atoms with Crippen LogP contribution in [-0.4, -0.2) is 56.6 Å². The van der Waals surface area contributed by atoms with E-state index < -0.39 is 11.0 Å². The zero-order valence-corrected chi connectivity index (χ0v) is 17.1. The van der Waals surface area contributed by atoms with Crippen LogP contribution in [0.5, 0.6) is 0 Å². The highest BCUT2D eigenvalue weighted by Crippen LogP contribution is 2.47. The third-order valence-corrected chi connectivity index (χ3v) is 6.44. The minimum absolute atomic E-state index is 0.0231. The second-order valence-electron chi connectivity index (χ2n) is 7.34. The van der Waals surface area contributed by atoms with Gasteiger partial charge in [-0.15, -0.1) is 11.8 Å². The van der Waals surface area contributed by atoms with Gasteiger partial charge in [-0.05, 0) is 46.7 Å². The summed E-state index contributed by atoms with van der Waals surface area (Å²) in [5, 5.41) is 11.3. The molecule has 1 aliphatic rings. The average Bonchev–Trinajstić information content (AvgIpc) is 2.99. The Hall–Kier alpha value is -1.04. The summed E-state index contributed by atoms with van der Waals surface area (Å²) in [4.78, 5) is 16.8. The molecule has 4 nitrogen and oxygen atoms in total. The molecule has 25 heavy (non-hydrogen) atoms. The van der Waals surface area contributed by atoms with Crippen molar-refractivity contribution in [3.63, 3.8) is 0 Å². The Kier molecular flexibility index (Phi) is 6.57. The lowest BCUT2D eigenvalue weighted by atomic mass is 9.96. The van der Waals surface area contributed by atoms with Gasteiger partial charge >= 0.3 is 0 Å². The standard InChI is InChI=1S/C20H32N2O2S/c1-7-21-12-13-25-20(21,19(24)22(14(2)3)15(4)5)18(23)17-10-8-16(6)9-11-17/h8-11,14-15,18,23H,7,12-13H2,1-6H3. The second-order valence-corrected chi connectivity index (χ2v) is 8.66. The molecule has 2 rings (SSSR count). The molecule has 1 saturated heterocycles. The van der Waals surface area contributed by atoms with Crippen LogP contribution in [0.25, 0.3) is 0 Å². The number of aryl methyl sites for hydroxylation is 1. The first-order valence-corrected chi connectivity index (χ1v) is 10.2. The molecule has 0 aliphatic carbocycles. The molecule has 1 fully saturated rings. The number of aliphatic hydroxyl groups is 1. The van der Waals surface area contributed by atoms with Crippen molar-refractivity contribution < 1.29 is 9.90 Å². The Labute approximate surface area is 156 Å². The molecular formula is C20H32N2O2S. The minimum Gasteiger partial charge on any atom is -0.385 e. The third kappa shape index (κ3) is 3.74. The van der Waals surface area contributed by atoms with Gasteiger partial charge in [-0.25, -0.2) is 0 Å². The number of aliphatic hydroxyl groups excluding tert-OH is 1. The van der Waals surface area contributed by atoms with E-state index in [-0.39, 0.29) is 18.0 Å². The van der Waals surface area contributed by atoms with Crippen LogP contribution >= 0.6 is 11.8 Å². The molecule has 0 aromatic heterocycles. The molecule has 2 atom stereocenters. The fraction of sp³-hybridized carbons (Fsp3) is 0.650. The molecule has 140 valence electrons. The summed E-state index contributed by atoms with van der Waals surface area (Å²) < 4.78 is 0. The van der Waals surface area contributed by atoms with Crippen molar-refractivity contribution in [3.8, 4) is 0 Å². The molecule has 0 bridgehead atoms. The molecule has 1 aromatic rings. The summed E-state index contributed by atoms with van der Waals surface area (Å²) >= 11 is 1.59. The third-order valence-electron chi connectivity index (χ3n) is 4.95. The molecule has 2 unspecified atom stereocenters. The van der Waals surface area contributed by atoms with Crippen molar-refractivity contribution in [2.45, 2.75) is 64.6 Å². The van der Waals surface area contributed by atoms with Crippen LogP contribution in [-0.2, 0) is 4.79 Å². The smallest absolute Gasteiger partial charge is 0.257 e. The quantitative estimate of drug-likeness (QED) is 0.840. The highest BCUT2D eigenvalue weighted by molar-refractivity contribution is 8.01. The molecule has 1 aliphatic heterocycles. The van der Waals surface area contributed by atoms with Crippen LogP contribution < -0.4 is 0 Å². The van der Waals surface area contributed by atoms with Crippen molar-refractivity contribution in [1.82, 2.24) is 9.80 Å². The fourth-order valence-corrected chi connectivity index (χ4v) is 5.30. The van der Waals surface area contributed by atoms with Gasteiger partial charge in [-0.3, -0.25) is 9.69 Å². The van der Waals surface area contributed by atoms with Crippen LogP contribution in [0.15, 0.2) is 24.3 Å². The predicted molar refractivity (Wildman–Crippen MR) is 106 cm³/mol. The fourth-order valence-electron chi connectivity index (χ4n) is 3.75. The van der Waals surface area contributed by atoms with Gasteiger partial charge in [-0.2, -0.15) is 0 Å². The molecule has 1 N–H and O–H groups in total. The maximum atomic E-state index is 13.7. The zero-order valence-electron chi connectivity index (χ0n) is 16.3. The first-order valence-electron chi connectivity index (χ1n) is 9.22. The first kappa shape index (κ1) is 20.3. The van der Waals surface area contributed by atoms with Crippen LogP contribution in [0, 0.1) is 6.92 Å². The van der Waals surface area contributed by atoms with E-state index in [4.69, 9.17) is 0 Å². The largest absolute Gasteiger partial charge is 0.385 e. The number of nitrogens with zero attached hydrogens (tertiary/aromatic N) is 2. The Morgan fingerprint density at radius 2 is 1.80 bits per heavy atom. The van der Waals surface area contributed by atoms with Crippen molar-refractivity contribution in [2.24, 2.45) is 0 Å². The van der Waals surface area contributed by atoms with Gasteiger partial charge in [0.2, 0.25) is 0 Å². The number of carbonyl (C=O) groups is 1. The topological polar surface area (TPSA) is 43.8 Å². The maximum absolute atomic E-state index is 13.7. The number of benzene rings is 1. The number of thioether (sulfide) groups is 1. The molecule has 5 heteroatoms. The first-order chi connectivity index (χ1) is 11.8. The Morgan fingerprint density at radius 1 is 1.24 bits per heavy atom. The number of hydrogen-bond acceptors (Lipinski definition) is 4. The molecular weight excluding hydrogens is 332 g/mol. The van der Waals surface area contributed by atoms with Crippen LogP contribution in [0.3, 0.4) is 0 Å². The summed E-state index contributed by atoms with van der Waals surface area (Å²) in [5.41, 5.74) is 1.95. The number of rotatable bonds is 6. The Balaban J connectivity index is 2.51. The molecule has 0 saturated carbocycles. The minimum atomic E-state index is -0.946. The van der Waals surface area contributed by atoms with Crippen molar-refractivity contribution in [2.75, 3.05) is 18.8 Å². The summed E-state index contributed by atoms with van der Waals surface area (Å²) in [6, 6.07) is 8.06.